The molecule has 0 aromatic heterocycles. The molecule has 46 valence electrons. The molecule has 0 radical (unpaired) electrons. The van der Waals surface area contributed by atoms with Gasteiger partial charge in [0.1, 0.15) is 0 Å². The van der Waals surface area contributed by atoms with E-state index in [4.69, 9.17) is 6.42 Å². The van der Waals surface area contributed by atoms with Crippen LogP contribution in [0.4, 0.5) is 0 Å². The van der Waals surface area contributed by atoms with Gasteiger partial charge in [0, 0.05) is 12.1 Å². The molecule has 0 fully saturated rings. The van der Waals surface area contributed by atoms with Crippen molar-refractivity contribution in [1.29, 1.82) is 0 Å². The molecule has 0 bridgehead atoms. The molecule has 1 heteroatoms. The monoisotopic (exact) mass is 111 g/mol. The third-order valence-electron chi connectivity index (χ3n) is 1.27. The number of nitrogens with one attached hydrogen (secondary N) is 1. The van der Waals surface area contributed by atoms with Crippen molar-refractivity contribution in [1.82, 2.24) is 5.32 Å². The maximum absolute atomic E-state index is 5.02. The van der Waals surface area contributed by atoms with Crippen molar-refractivity contribution in [3.05, 3.63) is 0 Å². The summed E-state index contributed by atoms with van der Waals surface area (Å²) in [7, 11) is 0. The molecule has 0 unspecified atom stereocenters. The van der Waals surface area contributed by atoms with Gasteiger partial charge >= 0.3 is 0 Å². The molecule has 0 heterocycles. The highest BCUT2D eigenvalue weighted by Gasteiger charge is 1.95. The topological polar surface area (TPSA) is 12.0 Å². The first-order valence-corrected chi connectivity index (χ1v) is 3.06. The first-order valence-electron chi connectivity index (χ1n) is 3.06. The van der Waals surface area contributed by atoms with Crippen LogP contribution in [0.15, 0.2) is 0 Å². The van der Waals surface area contributed by atoms with E-state index < -0.39 is 0 Å². The van der Waals surface area contributed by atoms with Crippen molar-refractivity contribution in [2.75, 3.05) is 0 Å². The molecule has 1 N–H and O–H groups in total. The fourth-order valence-corrected chi connectivity index (χ4v) is 0.611. The largest absolute Gasteiger partial charge is 0.343 e. The highest BCUT2D eigenvalue weighted by Crippen LogP contribution is 1.93. The van der Waals surface area contributed by atoms with E-state index in [0.29, 0.717) is 6.04 Å². The average Bonchev–Trinajstić information content (AvgIpc) is 1.83. The molecular weight excluding hydrogens is 98.1 g/mol. The zero-order chi connectivity index (χ0) is 6.41. The first-order chi connectivity index (χ1) is 3.85. The Hall–Kier alpha value is -0.640. The second-order valence-electron chi connectivity index (χ2n) is 1.80. The smallest absolute Gasteiger partial charge is 0.0335 e. The van der Waals surface area contributed by atoms with E-state index in [1.54, 1.807) is 0 Å². The molecule has 0 aliphatic carbocycles. The quantitative estimate of drug-likeness (QED) is 0.428. The van der Waals surface area contributed by atoms with E-state index in [2.05, 4.69) is 25.2 Å². The highest BCUT2D eigenvalue weighted by molar-refractivity contribution is 4.83. The lowest BCUT2D eigenvalue weighted by Crippen LogP contribution is -2.21. The van der Waals surface area contributed by atoms with Gasteiger partial charge in [-0.2, -0.15) is 0 Å². The third kappa shape index (κ3) is 2.52. The molecule has 0 saturated heterocycles. The van der Waals surface area contributed by atoms with Crippen molar-refractivity contribution in [3.8, 4) is 12.5 Å². The van der Waals surface area contributed by atoms with Gasteiger partial charge in [0.05, 0.1) is 0 Å². The third-order valence-corrected chi connectivity index (χ3v) is 1.27. The fraction of sp³-hybridized carbons (Fsp3) is 0.714. The zero-order valence-electron chi connectivity index (χ0n) is 5.57. The van der Waals surface area contributed by atoms with Crippen LogP contribution in [0.5, 0.6) is 0 Å². The summed E-state index contributed by atoms with van der Waals surface area (Å²) in [6.45, 7) is 4.25. The van der Waals surface area contributed by atoms with E-state index in [1.807, 2.05) is 0 Å². The molecule has 0 aliphatic rings. The summed E-state index contributed by atoms with van der Waals surface area (Å²) in [4.78, 5) is 0. The van der Waals surface area contributed by atoms with Crippen LogP contribution < -0.4 is 5.32 Å². The van der Waals surface area contributed by atoms with Crippen molar-refractivity contribution in [3.63, 3.8) is 0 Å². The van der Waals surface area contributed by atoms with Gasteiger partial charge in [0.15, 0.2) is 0 Å². The molecule has 0 amide bonds. The van der Waals surface area contributed by atoms with Gasteiger partial charge in [-0.15, -0.1) is 0 Å². The van der Waals surface area contributed by atoms with E-state index in [9.17, 15) is 0 Å². The van der Waals surface area contributed by atoms with E-state index >= 15 is 0 Å². The molecule has 8 heavy (non-hydrogen) atoms. The molecule has 0 aromatic carbocycles. The Balaban J connectivity index is 3.25. The summed E-state index contributed by atoms with van der Waals surface area (Å²) in [5, 5.41) is 2.91. The Morgan fingerprint density at radius 3 is 2.12 bits per heavy atom. The van der Waals surface area contributed by atoms with Gasteiger partial charge in [-0.25, -0.2) is 0 Å². The van der Waals surface area contributed by atoms with Gasteiger partial charge in [0.2, 0.25) is 0 Å². The lowest BCUT2D eigenvalue weighted by Gasteiger charge is -2.08. The fourth-order valence-electron chi connectivity index (χ4n) is 0.611. The summed E-state index contributed by atoms with van der Waals surface area (Å²) in [5.74, 6) is 0. The van der Waals surface area contributed by atoms with Gasteiger partial charge < -0.3 is 5.32 Å². The Bertz CT molecular complexity index is 76.9. The number of hydrogen-bond donors (Lipinski definition) is 1. The second-order valence-corrected chi connectivity index (χ2v) is 1.80. The molecule has 0 atom stereocenters. The molecule has 0 saturated carbocycles. The number of rotatable bonds is 3. The zero-order valence-corrected chi connectivity index (χ0v) is 5.57. The van der Waals surface area contributed by atoms with Gasteiger partial charge in [-0.05, 0) is 12.8 Å². The summed E-state index contributed by atoms with van der Waals surface area (Å²) in [6, 6.07) is 2.93. The van der Waals surface area contributed by atoms with Gasteiger partial charge in [-0.3, -0.25) is 0 Å². The Labute approximate surface area is 51.5 Å². The van der Waals surface area contributed by atoms with Crippen molar-refractivity contribution < 1.29 is 0 Å². The molecular formula is C7H13N. The van der Waals surface area contributed by atoms with Crippen LogP contribution in [0, 0.1) is 12.5 Å². The SMILES string of the molecule is C#CNC(CC)CC. The van der Waals surface area contributed by atoms with Crippen LogP contribution in [0.2, 0.25) is 0 Å². The maximum atomic E-state index is 5.02. The number of terminal acetylenes is 1. The van der Waals surface area contributed by atoms with Crippen LogP contribution >= 0.6 is 0 Å². The van der Waals surface area contributed by atoms with Gasteiger partial charge in [-0.1, -0.05) is 20.3 Å². The molecule has 0 spiro atoms. The van der Waals surface area contributed by atoms with Crippen LogP contribution in [0.25, 0.3) is 0 Å². The Kier molecular flexibility index (Phi) is 4.16. The van der Waals surface area contributed by atoms with Gasteiger partial charge in [0.25, 0.3) is 0 Å². The Morgan fingerprint density at radius 2 is 2.00 bits per heavy atom. The summed E-state index contributed by atoms with van der Waals surface area (Å²) in [5.41, 5.74) is 0. The van der Waals surface area contributed by atoms with Crippen molar-refractivity contribution >= 4 is 0 Å². The normalized spacial score (nSPS) is 8.75. The van der Waals surface area contributed by atoms with E-state index in [0.717, 1.165) is 12.8 Å². The predicted octanol–water partition coefficient (Wildman–Crippen LogP) is 1.36. The minimum atomic E-state index is 0.514. The highest BCUT2D eigenvalue weighted by atomic mass is 14.9. The van der Waals surface area contributed by atoms with Crippen LogP contribution in [0.1, 0.15) is 26.7 Å². The van der Waals surface area contributed by atoms with Crippen LogP contribution in [-0.2, 0) is 0 Å². The Morgan fingerprint density at radius 1 is 1.50 bits per heavy atom. The minimum Gasteiger partial charge on any atom is -0.343 e. The number of hydrogen-bond acceptors (Lipinski definition) is 1. The maximum Gasteiger partial charge on any atom is 0.0335 e. The summed E-state index contributed by atoms with van der Waals surface area (Å²) >= 11 is 0. The molecule has 0 aromatic rings. The summed E-state index contributed by atoms with van der Waals surface area (Å²) in [6.07, 6.45) is 7.24. The lowest BCUT2D eigenvalue weighted by atomic mass is 10.2. The standard InChI is InChI=1S/C7H13N/c1-4-7(5-2)8-6-3/h3,7-8H,4-5H2,1-2H3. The van der Waals surface area contributed by atoms with E-state index in [-0.39, 0.29) is 0 Å². The van der Waals surface area contributed by atoms with Crippen molar-refractivity contribution in [2.45, 2.75) is 32.7 Å². The molecule has 1 nitrogen and oxygen atoms in total. The first kappa shape index (κ1) is 7.36. The lowest BCUT2D eigenvalue weighted by molar-refractivity contribution is 0.562. The van der Waals surface area contributed by atoms with Crippen LogP contribution in [0.3, 0.4) is 0 Å². The van der Waals surface area contributed by atoms with Crippen molar-refractivity contribution in [2.24, 2.45) is 0 Å². The van der Waals surface area contributed by atoms with Crippen LogP contribution in [-0.4, -0.2) is 6.04 Å². The predicted molar refractivity (Wildman–Crippen MR) is 36.3 cm³/mol. The average molecular weight is 111 g/mol. The summed E-state index contributed by atoms with van der Waals surface area (Å²) < 4.78 is 0. The second kappa shape index (κ2) is 4.52. The molecule has 0 rings (SSSR count). The van der Waals surface area contributed by atoms with E-state index in [1.165, 1.54) is 0 Å². The minimum absolute atomic E-state index is 0.514. The molecule has 0 aliphatic heterocycles.